The predicted molar refractivity (Wildman–Crippen MR) is 105 cm³/mol. The van der Waals surface area contributed by atoms with Gasteiger partial charge < -0.3 is 5.32 Å². The van der Waals surface area contributed by atoms with Crippen LogP contribution in [0.2, 0.25) is 5.02 Å². The number of anilines is 1. The summed E-state index contributed by atoms with van der Waals surface area (Å²) in [5, 5.41) is 3.81. The molecule has 0 radical (unpaired) electrons. The second-order valence-corrected chi connectivity index (χ2v) is 7.63. The molecule has 1 aromatic carbocycles. The largest absolute Gasteiger partial charge is 0.334 e. The number of rotatable bonds is 3. The molecule has 2 fully saturated rings. The Balaban J connectivity index is 1.58. The Hall–Kier alpha value is -2.40. The molecule has 4 rings (SSSR count). The van der Waals surface area contributed by atoms with Crippen LogP contribution in [0.5, 0.6) is 0 Å². The van der Waals surface area contributed by atoms with Gasteiger partial charge >= 0.3 is 6.03 Å². The number of hydrogen-bond donors (Lipinski definition) is 1. The lowest BCUT2D eigenvalue weighted by Gasteiger charge is -2.42. The molecule has 6 heteroatoms. The first kappa shape index (κ1) is 18.0. The molecular formula is C21H22ClN3O2. The molecular weight excluding hydrogens is 362 g/mol. The smallest absolute Gasteiger partial charge is 0.329 e. The maximum Gasteiger partial charge on any atom is 0.329 e. The van der Waals surface area contributed by atoms with Crippen molar-refractivity contribution >= 4 is 29.2 Å². The van der Waals surface area contributed by atoms with Gasteiger partial charge in [0.25, 0.3) is 0 Å². The van der Waals surface area contributed by atoms with E-state index >= 15 is 0 Å². The molecule has 1 aliphatic carbocycles. The standard InChI is InChI=1S/C21H22ClN3O2/c1-2-13-9-10-23-12-19(13)25-20(26)16-8-7-14(11-18(16)24-21(25)27)15-5-3-4-6-17(15)22/h3-6,9-10,12,14,16,18H,2,7-8,11H2,1H3,(H,24,27). The molecule has 3 atom stereocenters. The third-order valence-corrected chi connectivity index (χ3v) is 6.10. The average Bonchev–Trinajstić information content (AvgIpc) is 2.68. The fourth-order valence-corrected chi connectivity index (χ4v) is 4.64. The first-order valence-corrected chi connectivity index (χ1v) is 9.79. The second-order valence-electron chi connectivity index (χ2n) is 7.23. The van der Waals surface area contributed by atoms with Crippen LogP contribution in [0.15, 0.2) is 42.7 Å². The fraction of sp³-hybridized carbons (Fsp3) is 0.381. The third-order valence-electron chi connectivity index (χ3n) is 5.75. The van der Waals surface area contributed by atoms with Crippen molar-refractivity contribution < 1.29 is 9.59 Å². The van der Waals surface area contributed by atoms with Crippen molar-refractivity contribution in [2.24, 2.45) is 5.92 Å². The monoisotopic (exact) mass is 383 g/mol. The minimum absolute atomic E-state index is 0.121. The Kier molecular flexibility index (Phi) is 4.87. The minimum Gasteiger partial charge on any atom is -0.334 e. The van der Waals surface area contributed by atoms with Gasteiger partial charge in [0.05, 0.1) is 17.8 Å². The summed E-state index contributed by atoms with van der Waals surface area (Å²) in [7, 11) is 0. The molecule has 0 bridgehead atoms. The van der Waals surface area contributed by atoms with Gasteiger partial charge in [0.15, 0.2) is 0 Å². The summed E-state index contributed by atoms with van der Waals surface area (Å²) in [5.74, 6) is -0.0698. The zero-order chi connectivity index (χ0) is 19.0. The average molecular weight is 384 g/mol. The number of aromatic nitrogens is 1. The third kappa shape index (κ3) is 3.21. The number of fused-ring (bicyclic) bond motifs is 1. The number of carbonyl (C=O) groups is 2. The predicted octanol–water partition coefficient (Wildman–Crippen LogP) is 4.31. The molecule has 27 heavy (non-hydrogen) atoms. The molecule has 1 aromatic heterocycles. The van der Waals surface area contributed by atoms with Crippen molar-refractivity contribution in [3.8, 4) is 0 Å². The van der Waals surface area contributed by atoms with Crippen LogP contribution in [0.4, 0.5) is 10.5 Å². The molecule has 140 valence electrons. The maximum absolute atomic E-state index is 13.2. The molecule has 2 heterocycles. The Morgan fingerprint density at radius 2 is 2.04 bits per heavy atom. The second kappa shape index (κ2) is 7.31. The molecule has 1 saturated heterocycles. The van der Waals surface area contributed by atoms with Crippen molar-refractivity contribution in [3.63, 3.8) is 0 Å². The molecule has 0 spiro atoms. The number of halogens is 1. The van der Waals surface area contributed by atoms with E-state index in [0.29, 0.717) is 5.69 Å². The molecule has 2 aliphatic rings. The highest BCUT2D eigenvalue weighted by molar-refractivity contribution is 6.31. The summed E-state index contributed by atoms with van der Waals surface area (Å²) < 4.78 is 0. The van der Waals surface area contributed by atoms with Crippen LogP contribution in [0.1, 0.15) is 43.2 Å². The van der Waals surface area contributed by atoms with Gasteiger partial charge in [-0.15, -0.1) is 0 Å². The van der Waals surface area contributed by atoms with Gasteiger partial charge in [-0.05, 0) is 54.9 Å². The summed E-state index contributed by atoms with van der Waals surface area (Å²) in [5.41, 5.74) is 2.63. The van der Waals surface area contributed by atoms with Crippen LogP contribution in [0.3, 0.4) is 0 Å². The van der Waals surface area contributed by atoms with E-state index in [4.69, 9.17) is 11.6 Å². The molecule has 1 N–H and O–H groups in total. The van der Waals surface area contributed by atoms with E-state index in [1.165, 1.54) is 4.90 Å². The number of hydrogen-bond acceptors (Lipinski definition) is 3. The lowest BCUT2D eigenvalue weighted by atomic mass is 9.74. The van der Waals surface area contributed by atoms with Gasteiger partial charge in [-0.1, -0.05) is 36.7 Å². The van der Waals surface area contributed by atoms with Crippen LogP contribution in [-0.2, 0) is 11.2 Å². The summed E-state index contributed by atoms with van der Waals surface area (Å²) in [6.07, 6.45) is 6.37. The highest BCUT2D eigenvalue weighted by atomic mass is 35.5. The number of carbonyl (C=O) groups excluding carboxylic acids is 2. The summed E-state index contributed by atoms with van der Waals surface area (Å²) in [6, 6.07) is 9.17. The number of nitrogens with zero attached hydrogens (tertiary/aromatic N) is 2. The van der Waals surface area contributed by atoms with Crippen molar-refractivity contribution in [1.82, 2.24) is 10.3 Å². The SMILES string of the molecule is CCc1ccncc1N1C(=O)NC2CC(c3ccccc3Cl)CCC2C1=O. The summed E-state index contributed by atoms with van der Waals surface area (Å²) in [6.45, 7) is 2.00. The van der Waals surface area contributed by atoms with E-state index in [-0.39, 0.29) is 29.8 Å². The van der Waals surface area contributed by atoms with Crippen LogP contribution < -0.4 is 10.2 Å². The minimum atomic E-state index is -0.358. The van der Waals surface area contributed by atoms with E-state index in [0.717, 1.165) is 41.8 Å². The van der Waals surface area contributed by atoms with Crippen LogP contribution in [0, 0.1) is 5.92 Å². The normalized spacial score (nSPS) is 25.1. The Labute approximate surface area is 163 Å². The zero-order valence-corrected chi connectivity index (χ0v) is 15.9. The van der Waals surface area contributed by atoms with Gasteiger partial charge in [-0.3, -0.25) is 9.78 Å². The lowest BCUT2D eigenvalue weighted by molar-refractivity contribution is -0.124. The molecule has 1 saturated carbocycles. The quantitative estimate of drug-likeness (QED) is 0.859. The van der Waals surface area contributed by atoms with Crippen molar-refractivity contribution in [3.05, 3.63) is 58.9 Å². The first-order valence-electron chi connectivity index (χ1n) is 9.42. The van der Waals surface area contributed by atoms with Crippen LogP contribution in [0.25, 0.3) is 0 Å². The highest BCUT2D eigenvalue weighted by Gasteiger charge is 2.45. The molecule has 2 aromatic rings. The van der Waals surface area contributed by atoms with E-state index in [1.54, 1.807) is 12.4 Å². The number of nitrogens with one attached hydrogen (secondary N) is 1. The van der Waals surface area contributed by atoms with E-state index < -0.39 is 0 Å². The van der Waals surface area contributed by atoms with E-state index in [2.05, 4.69) is 10.3 Å². The topological polar surface area (TPSA) is 62.3 Å². The van der Waals surface area contributed by atoms with Gasteiger partial charge in [-0.25, -0.2) is 9.69 Å². The van der Waals surface area contributed by atoms with Crippen molar-refractivity contribution in [2.75, 3.05) is 4.90 Å². The number of benzene rings is 1. The molecule has 3 unspecified atom stereocenters. The summed E-state index contributed by atoms with van der Waals surface area (Å²) >= 11 is 6.36. The first-order chi connectivity index (χ1) is 13.1. The summed E-state index contributed by atoms with van der Waals surface area (Å²) in [4.78, 5) is 31.3. The molecule has 3 amide bonds. The van der Waals surface area contributed by atoms with Gasteiger partial charge in [0.2, 0.25) is 5.91 Å². The molecule has 1 aliphatic heterocycles. The number of imide groups is 1. The Morgan fingerprint density at radius 1 is 1.22 bits per heavy atom. The number of pyridine rings is 1. The van der Waals surface area contributed by atoms with Gasteiger partial charge in [-0.2, -0.15) is 0 Å². The zero-order valence-electron chi connectivity index (χ0n) is 15.2. The van der Waals surface area contributed by atoms with Crippen molar-refractivity contribution in [2.45, 2.75) is 44.6 Å². The maximum atomic E-state index is 13.2. The molecule has 5 nitrogen and oxygen atoms in total. The Morgan fingerprint density at radius 3 is 2.81 bits per heavy atom. The Bertz CT molecular complexity index is 885. The number of aryl methyl sites for hydroxylation is 1. The van der Waals surface area contributed by atoms with E-state index in [1.807, 2.05) is 37.3 Å². The number of amides is 3. The van der Waals surface area contributed by atoms with Gasteiger partial charge in [0, 0.05) is 17.3 Å². The van der Waals surface area contributed by atoms with Crippen LogP contribution in [-0.4, -0.2) is 23.0 Å². The highest BCUT2D eigenvalue weighted by Crippen LogP contribution is 2.41. The van der Waals surface area contributed by atoms with E-state index in [9.17, 15) is 9.59 Å². The van der Waals surface area contributed by atoms with Crippen LogP contribution >= 0.6 is 11.6 Å². The number of urea groups is 1. The lowest BCUT2D eigenvalue weighted by Crippen LogP contribution is -2.61. The fourth-order valence-electron chi connectivity index (χ4n) is 4.35. The van der Waals surface area contributed by atoms with Gasteiger partial charge in [0.1, 0.15) is 0 Å². The van der Waals surface area contributed by atoms with Crippen molar-refractivity contribution in [1.29, 1.82) is 0 Å².